The maximum Gasteiger partial charge on any atom is 0.413 e. The highest BCUT2D eigenvalue weighted by Crippen LogP contribution is 2.19. The van der Waals surface area contributed by atoms with Crippen molar-refractivity contribution in [2.75, 3.05) is 18.5 Å². The Bertz CT molecular complexity index is 666. The minimum absolute atomic E-state index is 0.147. The number of fused-ring (bicyclic) bond motifs is 1. The molecule has 22 heavy (non-hydrogen) atoms. The molecule has 0 saturated heterocycles. The van der Waals surface area contributed by atoms with Crippen molar-refractivity contribution in [1.82, 2.24) is 14.9 Å². The molecular formula is C15H20N4O3. The zero-order valence-corrected chi connectivity index (χ0v) is 12.8. The van der Waals surface area contributed by atoms with Crippen molar-refractivity contribution in [1.29, 1.82) is 0 Å². The first-order valence-electron chi connectivity index (χ1n) is 7.36. The van der Waals surface area contributed by atoms with Crippen LogP contribution >= 0.6 is 0 Å². The number of hydrogen-bond donors (Lipinski definition) is 2. The predicted octanol–water partition coefficient (Wildman–Crippen LogP) is 2.96. The summed E-state index contributed by atoms with van der Waals surface area (Å²) in [5.74, 6) is 0.147. The Morgan fingerprint density at radius 1 is 1.27 bits per heavy atom. The van der Waals surface area contributed by atoms with Gasteiger partial charge < -0.3 is 10.1 Å². The Hall–Kier alpha value is -2.57. The fourth-order valence-corrected chi connectivity index (χ4v) is 2.03. The fraction of sp³-hybridized carbons (Fsp3) is 0.400. The molecule has 2 N–H and O–H groups in total. The molecule has 0 unspecified atom stereocenters. The van der Waals surface area contributed by atoms with Crippen LogP contribution in [0, 0.1) is 0 Å². The van der Waals surface area contributed by atoms with Crippen LogP contribution in [0.25, 0.3) is 11.0 Å². The molecule has 1 aromatic carbocycles. The van der Waals surface area contributed by atoms with Gasteiger partial charge >= 0.3 is 12.1 Å². The smallest absolute Gasteiger partial charge is 0.413 e. The lowest BCUT2D eigenvalue weighted by Gasteiger charge is -2.10. The van der Waals surface area contributed by atoms with Crippen molar-refractivity contribution < 1.29 is 14.3 Å². The van der Waals surface area contributed by atoms with Gasteiger partial charge in [0.05, 0.1) is 17.6 Å². The summed E-state index contributed by atoms with van der Waals surface area (Å²) in [6, 6.07) is 6.87. The largest absolute Gasteiger partial charge is 0.450 e. The van der Waals surface area contributed by atoms with Crippen LogP contribution in [0.3, 0.4) is 0 Å². The molecule has 0 fully saturated rings. The van der Waals surface area contributed by atoms with Crippen LogP contribution in [0.5, 0.6) is 0 Å². The third kappa shape index (κ3) is 3.55. The molecule has 2 amide bonds. The van der Waals surface area contributed by atoms with Crippen LogP contribution in [0.15, 0.2) is 24.3 Å². The Balaban J connectivity index is 2.31. The molecule has 0 aliphatic carbocycles. The lowest BCUT2D eigenvalue weighted by atomic mass is 10.3. The summed E-state index contributed by atoms with van der Waals surface area (Å²) in [6.07, 6.45) is 1.23. The Labute approximate surface area is 128 Å². The van der Waals surface area contributed by atoms with Gasteiger partial charge in [-0.05, 0) is 25.5 Å². The van der Waals surface area contributed by atoms with Crippen LogP contribution in [-0.4, -0.2) is 34.8 Å². The molecule has 2 rings (SSSR count). The van der Waals surface area contributed by atoms with Gasteiger partial charge in [0.15, 0.2) is 0 Å². The number of nitrogens with one attached hydrogen (secondary N) is 2. The molecule has 7 nitrogen and oxygen atoms in total. The highest BCUT2D eigenvalue weighted by molar-refractivity contribution is 5.96. The SMILES string of the molecule is CCCCNC(=O)n1c(NC(=O)OCC)nc2ccccc21. The number of aromatic nitrogens is 2. The van der Waals surface area contributed by atoms with E-state index in [9.17, 15) is 9.59 Å². The van der Waals surface area contributed by atoms with E-state index >= 15 is 0 Å². The highest BCUT2D eigenvalue weighted by atomic mass is 16.5. The molecule has 0 saturated carbocycles. The number of nitrogens with zero attached hydrogens (tertiary/aromatic N) is 2. The summed E-state index contributed by atoms with van der Waals surface area (Å²) in [4.78, 5) is 28.3. The third-order valence-electron chi connectivity index (χ3n) is 3.06. The van der Waals surface area contributed by atoms with Crippen molar-refractivity contribution in [3.05, 3.63) is 24.3 Å². The number of benzene rings is 1. The van der Waals surface area contributed by atoms with E-state index in [-0.39, 0.29) is 18.6 Å². The number of amides is 2. The highest BCUT2D eigenvalue weighted by Gasteiger charge is 2.18. The number of ether oxygens (including phenoxy) is 1. The number of imidazole rings is 1. The number of carbonyl (C=O) groups is 2. The summed E-state index contributed by atoms with van der Waals surface area (Å²) in [7, 11) is 0. The minimum atomic E-state index is -0.639. The van der Waals surface area contributed by atoms with Crippen molar-refractivity contribution in [2.24, 2.45) is 0 Å². The predicted molar refractivity (Wildman–Crippen MR) is 84.1 cm³/mol. The average Bonchev–Trinajstić information content (AvgIpc) is 2.85. The number of unbranched alkanes of at least 4 members (excludes halogenated alkanes) is 1. The van der Waals surface area contributed by atoms with E-state index in [4.69, 9.17) is 4.74 Å². The number of hydrogen-bond acceptors (Lipinski definition) is 4. The van der Waals surface area contributed by atoms with E-state index in [0.29, 0.717) is 17.6 Å². The van der Waals surface area contributed by atoms with Crippen molar-refractivity contribution in [3.8, 4) is 0 Å². The van der Waals surface area contributed by atoms with E-state index < -0.39 is 6.09 Å². The van der Waals surface area contributed by atoms with Crippen LogP contribution in [0.1, 0.15) is 26.7 Å². The van der Waals surface area contributed by atoms with Crippen molar-refractivity contribution >= 4 is 29.1 Å². The zero-order chi connectivity index (χ0) is 15.9. The summed E-state index contributed by atoms with van der Waals surface area (Å²) in [5, 5.41) is 5.32. The lowest BCUT2D eigenvalue weighted by Crippen LogP contribution is -2.31. The molecule has 7 heteroatoms. The molecule has 0 radical (unpaired) electrons. The molecule has 1 aromatic heterocycles. The molecule has 0 spiro atoms. The Morgan fingerprint density at radius 3 is 2.77 bits per heavy atom. The minimum Gasteiger partial charge on any atom is -0.450 e. The second kappa shape index (κ2) is 7.44. The maximum absolute atomic E-state index is 12.4. The van der Waals surface area contributed by atoms with E-state index in [0.717, 1.165) is 12.8 Å². The monoisotopic (exact) mass is 304 g/mol. The number of carbonyl (C=O) groups excluding carboxylic acids is 2. The Morgan fingerprint density at radius 2 is 2.05 bits per heavy atom. The third-order valence-corrected chi connectivity index (χ3v) is 3.06. The van der Waals surface area contributed by atoms with Gasteiger partial charge in [-0.3, -0.25) is 5.32 Å². The molecule has 0 bridgehead atoms. The standard InChI is InChI=1S/C15H20N4O3/c1-3-5-10-16-14(20)19-12-9-7-6-8-11(12)17-13(19)18-15(21)22-4-2/h6-9H,3-5,10H2,1-2H3,(H,16,20)(H,17,18,21). The van der Waals surface area contributed by atoms with E-state index in [1.165, 1.54) is 4.57 Å². The maximum atomic E-state index is 12.4. The molecule has 0 aliphatic rings. The van der Waals surface area contributed by atoms with Gasteiger partial charge in [-0.25, -0.2) is 19.1 Å². The van der Waals surface area contributed by atoms with Crippen LogP contribution in [-0.2, 0) is 4.74 Å². The van der Waals surface area contributed by atoms with Gasteiger partial charge in [-0.15, -0.1) is 0 Å². The second-order valence-corrected chi connectivity index (χ2v) is 4.69. The average molecular weight is 304 g/mol. The topological polar surface area (TPSA) is 85.2 Å². The summed E-state index contributed by atoms with van der Waals surface area (Å²) >= 11 is 0. The summed E-state index contributed by atoms with van der Waals surface area (Å²) in [6.45, 7) is 4.57. The Kier molecular flexibility index (Phi) is 5.35. The van der Waals surface area contributed by atoms with Crippen molar-refractivity contribution in [2.45, 2.75) is 26.7 Å². The quantitative estimate of drug-likeness (QED) is 0.832. The first-order valence-corrected chi connectivity index (χ1v) is 7.36. The molecular weight excluding hydrogens is 284 g/mol. The van der Waals surface area contributed by atoms with Crippen LogP contribution < -0.4 is 10.6 Å². The van der Waals surface area contributed by atoms with Gasteiger partial charge in [0.1, 0.15) is 0 Å². The van der Waals surface area contributed by atoms with Gasteiger partial charge in [0.2, 0.25) is 5.95 Å². The second-order valence-electron chi connectivity index (χ2n) is 4.69. The van der Waals surface area contributed by atoms with E-state index in [1.54, 1.807) is 19.1 Å². The van der Waals surface area contributed by atoms with Crippen LogP contribution in [0.4, 0.5) is 15.5 Å². The molecule has 2 aromatic rings. The fourth-order valence-electron chi connectivity index (χ4n) is 2.03. The lowest BCUT2D eigenvalue weighted by molar-refractivity contribution is 0.167. The number of rotatable bonds is 5. The molecule has 0 atom stereocenters. The van der Waals surface area contributed by atoms with E-state index in [2.05, 4.69) is 15.6 Å². The number of para-hydroxylation sites is 2. The number of anilines is 1. The molecule has 1 heterocycles. The summed E-state index contributed by atoms with van der Waals surface area (Å²) < 4.78 is 6.19. The van der Waals surface area contributed by atoms with Gasteiger partial charge in [0, 0.05) is 6.54 Å². The zero-order valence-electron chi connectivity index (χ0n) is 12.8. The summed E-state index contributed by atoms with van der Waals surface area (Å²) in [5.41, 5.74) is 1.25. The van der Waals surface area contributed by atoms with E-state index in [1.807, 2.05) is 19.1 Å². The van der Waals surface area contributed by atoms with Gasteiger partial charge in [0.25, 0.3) is 0 Å². The van der Waals surface area contributed by atoms with Gasteiger partial charge in [-0.1, -0.05) is 25.5 Å². The van der Waals surface area contributed by atoms with Crippen molar-refractivity contribution in [3.63, 3.8) is 0 Å². The van der Waals surface area contributed by atoms with Crippen LogP contribution in [0.2, 0.25) is 0 Å². The van der Waals surface area contributed by atoms with Gasteiger partial charge in [-0.2, -0.15) is 0 Å². The first kappa shape index (κ1) is 15.8. The normalized spacial score (nSPS) is 10.5. The molecule has 0 aliphatic heterocycles. The first-order chi connectivity index (χ1) is 10.7. The molecule has 118 valence electrons.